The Morgan fingerprint density at radius 3 is 2.04 bits per heavy atom. The van der Waals surface area contributed by atoms with E-state index < -0.39 is 10.0 Å². The summed E-state index contributed by atoms with van der Waals surface area (Å²) >= 11 is 0. The molecule has 3 nitrogen and oxygen atoms in total. The fraction of sp³-hybridized carbons (Fsp3) is 0.130. The smallest absolute Gasteiger partial charge is 0.207 e. The average Bonchev–Trinajstić information content (AvgIpc) is 3.44. The first-order chi connectivity index (χ1) is 13.1. The van der Waals surface area contributed by atoms with Gasteiger partial charge in [0.15, 0.2) is 0 Å². The molecule has 27 heavy (non-hydrogen) atoms. The second-order valence-corrected chi connectivity index (χ2v) is 8.61. The molecule has 3 atom stereocenters. The number of rotatable bonds is 5. The Kier molecular flexibility index (Phi) is 4.68. The van der Waals surface area contributed by atoms with Crippen molar-refractivity contribution >= 4 is 16.1 Å². The first kappa shape index (κ1) is 17.7. The van der Waals surface area contributed by atoms with Crippen LogP contribution in [0.1, 0.15) is 22.7 Å². The van der Waals surface area contributed by atoms with Gasteiger partial charge in [0, 0.05) is 0 Å². The number of benzene rings is 3. The molecule has 0 bridgehead atoms. The third-order valence-electron chi connectivity index (χ3n) is 4.82. The first-order valence-electron chi connectivity index (χ1n) is 8.96. The van der Waals surface area contributed by atoms with Crippen molar-refractivity contribution in [3.63, 3.8) is 0 Å². The third kappa shape index (κ3) is 3.59. The topological polar surface area (TPSA) is 37.1 Å². The van der Waals surface area contributed by atoms with Gasteiger partial charge in [0.05, 0.1) is 17.0 Å². The second kappa shape index (κ2) is 7.14. The Bertz CT molecular complexity index is 1040. The van der Waals surface area contributed by atoms with Crippen molar-refractivity contribution in [3.8, 4) is 0 Å². The molecule has 0 amide bonds. The van der Waals surface area contributed by atoms with Gasteiger partial charge in [0.2, 0.25) is 10.0 Å². The molecule has 1 fully saturated rings. The van der Waals surface area contributed by atoms with Gasteiger partial charge in [-0.2, -0.15) is 4.31 Å². The van der Waals surface area contributed by atoms with Crippen LogP contribution in [0.25, 0.3) is 6.08 Å². The summed E-state index contributed by atoms with van der Waals surface area (Å²) in [5.74, 6) is 0. The molecule has 1 heterocycles. The van der Waals surface area contributed by atoms with Crippen LogP contribution in [-0.4, -0.2) is 18.8 Å². The zero-order chi connectivity index (χ0) is 18.9. The van der Waals surface area contributed by atoms with Crippen molar-refractivity contribution in [2.45, 2.75) is 23.9 Å². The lowest BCUT2D eigenvalue weighted by molar-refractivity contribution is 0.550. The maximum atomic E-state index is 13.2. The molecular formula is C23H21NO2S. The summed E-state index contributed by atoms with van der Waals surface area (Å²) in [6.07, 6.45) is 3.98. The lowest BCUT2D eigenvalue weighted by Crippen LogP contribution is -2.14. The van der Waals surface area contributed by atoms with Crippen molar-refractivity contribution in [1.29, 1.82) is 0 Å². The molecule has 3 aromatic carbocycles. The van der Waals surface area contributed by atoms with Gasteiger partial charge >= 0.3 is 0 Å². The van der Waals surface area contributed by atoms with E-state index in [0.717, 1.165) is 16.7 Å². The number of sulfonamides is 1. The van der Waals surface area contributed by atoms with Crippen LogP contribution in [0.2, 0.25) is 0 Å². The lowest BCUT2D eigenvalue weighted by atomic mass is 10.1. The number of nitrogens with zero attached hydrogens (tertiary/aromatic N) is 1. The van der Waals surface area contributed by atoms with Gasteiger partial charge in [0.25, 0.3) is 0 Å². The SMILES string of the molecule is Cc1ccc(S(=O)(=O)N2[C@@H](/C=C/c3ccccc3)[C@@H]2c2ccccc2)cc1. The Balaban J connectivity index is 1.68. The van der Waals surface area contributed by atoms with E-state index in [0.29, 0.717) is 4.90 Å². The molecule has 0 N–H and O–H groups in total. The molecule has 0 saturated carbocycles. The van der Waals surface area contributed by atoms with Crippen LogP contribution >= 0.6 is 0 Å². The van der Waals surface area contributed by atoms with Crippen LogP contribution in [0, 0.1) is 6.92 Å². The summed E-state index contributed by atoms with van der Waals surface area (Å²) in [5.41, 5.74) is 3.11. The Morgan fingerprint density at radius 1 is 0.815 bits per heavy atom. The van der Waals surface area contributed by atoms with Crippen LogP contribution in [-0.2, 0) is 10.0 Å². The number of hydrogen-bond donors (Lipinski definition) is 0. The molecule has 0 radical (unpaired) electrons. The molecule has 3 aromatic rings. The van der Waals surface area contributed by atoms with Crippen molar-refractivity contribution in [2.75, 3.05) is 0 Å². The van der Waals surface area contributed by atoms with Gasteiger partial charge in [-0.3, -0.25) is 0 Å². The number of hydrogen-bond acceptors (Lipinski definition) is 2. The summed E-state index contributed by atoms with van der Waals surface area (Å²) in [6.45, 7) is 1.95. The number of aryl methyl sites for hydroxylation is 1. The zero-order valence-corrected chi connectivity index (χ0v) is 15.9. The summed E-state index contributed by atoms with van der Waals surface area (Å²) in [6, 6.07) is 26.4. The molecule has 1 aliphatic heterocycles. The van der Waals surface area contributed by atoms with Crippen molar-refractivity contribution in [1.82, 2.24) is 4.31 Å². The molecule has 136 valence electrons. The minimum absolute atomic E-state index is 0.169. The highest BCUT2D eigenvalue weighted by molar-refractivity contribution is 7.89. The fourth-order valence-corrected chi connectivity index (χ4v) is 5.05. The lowest BCUT2D eigenvalue weighted by Gasteiger charge is -2.07. The zero-order valence-electron chi connectivity index (χ0n) is 15.1. The third-order valence-corrected chi connectivity index (χ3v) is 6.72. The average molecular weight is 375 g/mol. The van der Waals surface area contributed by atoms with E-state index in [9.17, 15) is 8.42 Å². The minimum Gasteiger partial charge on any atom is -0.207 e. The highest BCUT2D eigenvalue weighted by Gasteiger charge is 2.54. The van der Waals surface area contributed by atoms with Crippen LogP contribution in [0.4, 0.5) is 0 Å². The van der Waals surface area contributed by atoms with E-state index >= 15 is 0 Å². The maximum Gasteiger partial charge on any atom is 0.244 e. The molecule has 4 heteroatoms. The molecule has 0 spiro atoms. The van der Waals surface area contributed by atoms with Gasteiger partial charge in [0.1, 0.15) is 0 Å². The van der Waals surface area contributed by atoms with Gasteiger partial charge in [-0.1, -0.05) is 90.5 Å². The van der Waals surface area contributed by atoms with Gasteiger partial charge in [-0.15, -0.1) is 0 Å². The monoisotopic (exact) mass is 375 g/mol. The Labute approximate surface area is 160 Å². The second-order valence-electron chi connectivity index (χ2n) is 6.76. The largest absolute Gasteiger partial charge is 0.244 e. The van der Waals surface area contributed by atoms with Gasteiger partial charge in [-0.25, -0.2) is 8.42 Å². The summed E-state index contributed by atoms with van der Waals surface area (Å²) in [7, 11) is -3.55. The highest BCUT2D eigenvalue weighted by atomic mass is 32.2. The predicted octanol–water partition coefficient (Wildman–Crippen LogP) is 4.82. The molecule has 1 aliphatic rings. The highest BCUT2D eigenvalue weighted by Crippen LogP contribution is 2.48. The molecule has 1 unspecified atom stereocenters. The Morgan fingerprint density at radius 2 is 1.41 bits per heavy atom. The van der Waals surface area contributed by atoms with Crippen LogP contribution in [0.3, 0.4) is 0 Å². The molecular weight excluding hydrogens is 354 g/mol. The van der Waals surface area contributed by atoms with Crippen LogP contribution < -0.4 is 0 Å². The van der Waals surface area contributed by atoms with Crippen LogP contribution in [0.5, 0.6) is 0 Å². The van der Waals surface area contributed by atoms with E-state index in [1.54, 1.807) is 16.4 Å². The van der Waals surface area contributed by atoms with E-state index in [1.165, 1.54) is 0 Å². The first-order valence-corrected chi connectivity index (χ1v) is 10.4. The van der Waals surface area contributed by atoms with Crippen molar-refractivity contribution in [2.24, 2.45) is 0 Å². The quantitative estimate of drug-likeness (QED) is 0.600. The van der Waals surface area contributed by atoms with E-state index in [2.05, 4.69) is 0 Å². The fourth-order valence-electron chi connectivity index (χ4n) is 3.33. The maximum absolute atomic E-state index is 13.2. The summed E-state index contributed by atoms with van der Waals surface area (Å²) in [5, 5.41) is 0. The molecule has 0 aromatic heterocycles. The van der Waals surface area contributed by atoms with Gasteiger partial charge in [-0.05, 0) is 30.2 Å². The molecule has 4 rings (SSSR count). The van der Waals surface area contributed by atoms with E-state index in [1.807, 2.05) is 91.9 Å². The molecule has 1 saturated heterocycles. The summed E-state index contributed by atoms with van der Waals surface area (Å²) < 4.78 is 28.0. The van der Waals surface area contributed by atoms with Crippen molar-refractivity contribution in [3.05, 3.63) is 108 Å². The molecule has 0 aliphatic carbocycles. The normalized spacial score (nSPS) is 22.0. The van der Waals surface area contributed by atoms with Crippen LogP contribution in [0.15, 0.2) is 95.9 Å². The van der Waals surface area contributed by atoms with E-state index in [4.69, 9.17) is 0 Å². The van der Waals surface area contributed by atoms with E-state index in [-0.39, 0.29) is 12.1 Å². The van der Waals surface area contributed by atoms with Crippen molar-refractivity contribution < 1.29 is 8.42 Å². The standard InChI is InChI=1S/C23H21NO2S/c1-18-12-15-21(16-13-18)27(25,26)24-22(17-14-19-8-4-2-5-9-19)23(24)20-10-6-3-7-11-20/h2-17,22-23H,1H3/b17-14+/t22-,23-,24?/m0/s1. The Hall–Kier alpha value is -2.69. The van der Waals surface area contributed by atoms with Gasteiger partial charge < -0.3 is 0 Å². The minimum atomic E-state index is -3.55. The summed E-state index contributed by atoms with van der Waals surface area (Å²) in [4.78, 5) is 0.338. The predicted molar refractivity (Wildman–Crippen MR) is 109 cm³/mol.